The Morgan fingerprint density at radius 1 is 1.00 bits per heavy atom. The Morgan fingerprint density at radius 2 is 1.67 bits per heavy atom. The quantitative estimate of drug-likeness (QED) is 0.247. The predicted octanol–water partition coefficient (Wildman–Crippen LogP) is 7.46. The Morgan fingerprint density at radius 3 is 2.27 bits per heavy atom. The summed E-state index contributed by atoms with van der Waals surface area (Å²) >= 11 is 0. The fourth-order valence-corrected chi connectivity index (χ4v) is 6.61. The zero-order chi connectivity index (χ0) is 31.7. The number of carbonyl (C=O) groups excluding carboxylic acids is 1. The van der Waals surface area contributed by atoms with Crippen LogP contribution in [0.5, 0.6) is 0 Å². The molecule has 4 heterocycles. The van der Waals surface area contributed by atoms with Crippen LogP contribution in [0.25, 0.3) is 11.6 Å². The van der Waals surface area contributed by atoms with Gasteiger partial charge in [0.05, 0.1) is 30.2 Å². The molecule has 9 nitrogen and oxygen atoms in total. The third-order valence-corrected chi connectivity index (χ3v) is 8.87. The van der Waals surface area contributed by atoms with Gasteiger partial charge in [-0.2, -0.15) is 0 Å². The smallest absolute Gasteiger partial charge is 0.410 e. The monoisotopic (exact) mass is 611 g/mol. The van der Waals surface area contributed by atoms with Crippen molar-refractivity contribution in [2.24, 2.45) is 11.8 Å². The minimum atomic E-state index is -0.542. The lowest BCUT2D eigenvalue weighted by Crippen LogP contribution is -2.38. The number of anilines is 1. The largest absolute Gasteiger partial charge is 0.444 e. The van der Waals surface area contributed by atoms with Gasteiger partial charge in [0.1, 0.15) is 17.2 Å². The number of imidazole rings is 2. The van der Waals surface area contributed by atoms with Gasteiger partial charge < -0.3 is 30.2 Å². The molecular weight excluding hydrogens is 562 g/mol. The summed E-state index contributed by atoms with van der Waals surface area (Å²) in [5, 5.41) is 7.07. The van der Waals surface area contributed by atoms with Crippen molar-refractivity contribution in [3.05, 3.63) is 75.8 Å². The van der Waals surface area contributed by atoms with Crippen LogP contribution in [0.2, 0.25) is 0 Å². The maximum absolute atomic E-state index is 12.9. The zero-order valence-corrected chi connectivity index (χ0v) is 27.7. The molecule has 2 aliphatic heterocycles. The van der Waals surface area contributed by atoms with Crippen molar-refractivity contribution in [2.75, 3.05) is 25.0 Å². The van der Waals surface area contributed by atoms with Gasteiger partial charge in [0.25, 0.3) is 0 Å². The highest BCUT2D eigenvalue weighted by molar-refractivity contribution is 5.72. The number of aromatic nitrogens is 4. The number of rotatable bonds is 8. The zero-order valence-electron chi connectivity index (χ0n) is 27.7. The lowest BCUT2D eigenvalue weighted by Gasteiger charge is -2.28. The van der Waals surface area contributed by atoms with E-state index in [1.54, 1.807) is 4.90 Å². The van der Waals surface area contributed by atoms with Crippen LogP contribution in [0.3, 0.4) is 0 Å². The van der Waals surface area contributed by atoms with E-state index in [9.17, 15) is 4.79 Å². The van der Waals surface area contributed by atoms with Crippen molar-refractivity contribution in [2.45, 2.75) is 91.8 Å². The molecule has 2 atom stereocenters. The number of allylic oxidation sites excluding steroid dienone is 7. The fourth-order valence-electron chi connectivity index (χ4n) is 6.61. The number of amides is 1. The second kappa shape index (κ2) is 12.9. The lowest BCUT2D eigenvalue weighted by atomic mass is 9.85. The Bertz CT molecular complexity index is 1580. The van der Waals surface area contributed by atoms with Gasteiger partial charge in [-0.05, 0) is 105 Å². The highest BCUT2D eigenvalue weighted by Crippen LogP contribution is 2.36. The molecule has 0 spiro atoms. The number of nitrogens with zero attached hydrogens (tertiary/aromatic N) is 3. The van der Waals surface area contributed by atoms with E-state index in [1.807, 2.05) is 27.0 Å². The van der Waals surface area contributed by atoms with Crippen molar-refractivity contribution in [3.63, 3.8) is 0 Å². The average molecular weight is 612 g/mol. The summed E-state index contributed by atoms with van der Waals surface area (Å²) in [5.41, 5.74) is 8.41. The number of carbonyl (C=O) groups is 1. The van der Waals surface area contributed by atoms with Crippen LogP contribution >= 0.6 is 0 Å². The van der Waals surface area contributed by atoms with Crippen LogP contribution in [-0.2, 0) is 11.3 Å². The van der Waals surface area contributed by atoms with Crippen molar-refractivity contribution in [1.82, 2.24) is 30.2 Å². The van der Waals surface area contributed by atoms with E-state index in [4.69, 9.17) is 9.72 Å². The van der Waals surface area contributed by atoms with Gasteiger partial charge >= 0.3 is 6.09 Å². The number of ether oxygens (including phenoxy) is 1. The average Bonchev–Trinajstić information content (AvgIpc) is 3.75. The third kappa shape index (κ3) is 7.52. The Balaban J connectivity index is 1.11. The molecule has 1 fully saturated rings. The Kier molecular flexibility index (Phi) is 8.91. The van der Waals surface area contributed by atoms with Crippen LogP contribution in [0, 0.1) is 11.8 Å². The predicted molar refractivity (Wildman–Crippen MR) is 180 cm³/mol. The van der Waals surface area contributed by atoms with Crippen LogP contribution in [0.4, 0.5) is 10.6 Å². The number of H-pyrrole nitrogens is 2. The summed E-state index contributed by atoms with van der Waals surface area (Å²) in [6.45, 7) is 15.0. The van der Waals surface area contributed by atoms with Crippen molar-refractivity contribution in [3.8, 4) is 0 Å². The molecule has 4 N–H and O–H groups in total. The molecule has 2 aromatic rings. The molecule has 2 aromatic heterocycles. The van der Waals surface area contributed by atoms with Crippen LogP contribution < -0.4 is 10.6 Å². The Hall–Kier alpha value is -3.85. The van der Waals surface area contributed by atoms with Crippen molar-refractivity contribution < 1.29 is 9.53 Å². The van der Waals surface area contributed by atoms with E-state index in [-0.39, 0.29) is 6.09 Å². The van der Waals surface area contributed by atoms with Gasteiger partial charge in [-0.3, -0.25) is 0 Å². The normalized spacial score (nSPS) is 21.7. The fraction of sp³-hybridized carbons (Fsp3) is 0.528. The first-order valence-electron chi connectivity index (χ1n) is 16.6. The van der Waals surface area contributed by atoms with E-state index in [1.165, 1.54) is 27.9 Å². The maximum Gasteiger partial charge on any atom is 0.410 e. The minimum absolute atomic E-state index is 0.313. The number of fused-ring (bicyclic) bond motifs is 1. The summed E-state index contributed by atoms with van der Waals surface area (Å²) in [7, 11) is 0. The summed E-state index contributed by atoms with van der Waals surface area (Å²) < 4.78 is 5.66. The molecule has 1 amide bonds. The van der Waals surface area contributed by atoms with Gasteiger partial charge in [-0.1, -0.05) is 45.1 Å². The SMILES string of the molecule is CC(C)CN(Cc1nc2c([nH]1)C=C(C1=CC=C(C3=CC=C(c4cnc(C5CC(C)CN5)[nH]4)CC3)CC1)CN2)C(=O)OC(C)(C)C. The third-order valence-electron chi connectivity index (χ3n) is 8.87. The first kappa shape index (κ1) is 31.1. The van der Waals surface area contributed by atoms with Gasteiger partial charge in [-0.25, -0.2) is 14.8 Å². The summed E-state index contributed by atoms with van der Waals surface area (Å²) in [6.07, 6.45) is 18.4. The molecule has 0 saturated carbocycles. The summed E-state index contributed by atoms with van der Waals surface area (Å²) in [6, 6.07) is 0.345. The molecule has 0 bridgehead atoms. The molecule has 2 unspecified atom stereocenters. The van der Waals surface area contributed by atoms with Crippen molar-refractivity contribution >= 4 is 23.6 Å². The number of hydrogen-bond donors (Lipinski definition) is 4. The molecule has 2 aliphatic carbocycles. The first-order chi connectivity index (χ1) is 21.5. The molecule has 0 aromatic carbocycles. The van der Waals surface area contributed by atoms with Crippen molar-refractivity contribution in [1.29, 1.82) is 0 Å². The molecule has 1 saturated heterocycles. The molecular formula is C36H49N7O2. The molecule has 6 rings (SSSR count). The van der Waals surface area contributed by atoms with Gasteiger partial charge in [0.15, 0.2) is 5.82 Å². The van der Waals surface area contributed by atoms with Crippen LogP contribution in [0.1, 0.15) is 103 Å². The Labute approximate surface area is 267 Å². The second-order valence-electron chi connectivity index (χ2n) is 14.5. The van der Waals surface area contributed by atoms with E-state index >= 15 is 0 Å². The van der Waals surface area contributed by atoms with E-state index < -0.39 is 5.60 Å². The van der Waals surface area contributed by atoms with Crippen LogP contribution in [0.15, 0.2) is 52.8 Å². The molecule has 4 aliphatic rings. The van der Waals surface area contributed by atoms with E-state index in [2.05, 4.69) is 76.7 Å². The van der Waals surface area contributed by atoms with E-state index in [0.717, 1.165) is 74.0 Å². The number of hydrogen-bond acceptors (Lipinski definition) is 6. The maximum atomic E-state index is 12.9. The number of nitrogens with one attached hydrogen (secondary N) is 4. The lowest BCUT2D eigenvalue weighted by molar-refractivity contribution is 0.0206. The molecule has 9 heteroatoms. The van der Waals surface area contributed by atoms with Crippen LogP contribution in [-0.4, -0.2) is 56.2 Å². The van der Waals surface area contributed by atoms with E-state index in [0.29, 0.717) is 31.0 Å². The molecule has 45 heavy (non-hydrogen) atoms. The highest BCUT2D eigenvalue weighted by Gasteiger charge is 2.27. The van der Waals surface area contributed by atoms with Gasteiger partial charge in [-0.15, -0.1) is 0 Å². The molecule has 0 radical (unpaired) electrons. The number of aromatic amines is 2. The molecule has 240 valence electrons. The second-order valence-corrected chi connectivity index (χ2v) is 14.5. The summed E-state index contributed by atoms with van der Waals surface area (Å²) in [4.78, 5) is 31.1. The highest BCUT2D eigenvalue weighted by atomic mass is 16.6. The standard InChI is InChI=1S/C36H49N7O2/c1-22(2)20-43(35(44)45-36(4,5)6)21-32-40-30-16-28(18-38-34(30)42-32)26-9-7-24(8-10-26)25-11-13-27(14-12-25)31-19-39-33(41-31)29-15-23(3)17-37-29/h7,9,11,13,16,19,22-23,29,37-38H,8,10,12,14-15,17-18,20-21H2,1-6H3,(H,39,41)(H,40,42). The first-order valence-corrected chi connectivity index (χ1v) is 16.6. The van der Waals surface area contributed by atoms with Gasteiger partial charge in [0.2, 0.25) is 0 Å². The summed E-state index contributed by atoms with van der Waals surface area (Å²) in [5.74, 6) is 3.67. The van der Waals surface area contributed by atoms with Gasteiger partial charge in [0, 0.05) is 13.1 Å². The minimum Gasteiger partial charge on any atom is -0.444 e. The topological polar surface area (TPSA) is 111 Å².